The molecule has 1 aliphatic heterocycles. The van der Waals surface area contributed by atoms with Crippen LogP contribution in [0.4, 0.5) is 0 Å². The van der Waals surface area contributed by atoms with Crippen molar-refractivity contribution in [3.05, 3.63) is 63.6 Å². The predicted molar refractivity (Wildman–Crippen MR) is 93.3 cm³/mol. The van der Waals surface area contributed by atoms with E-state index in [1.807, 2.05) is 37.3 Å². The lowest BCUT2D eigenvalue weighted by molar-refractivity contribution is -0.128. The van der Waals surface area contributed by atoms with Gasteiger partial charge in [0.2, 0.25) is 0 Å². The molecule has 6 heteroatoms. The standard InChI is InChI=1S/C18H17Cl2NO3/c1-2-23-16-6-4-3-5-14(16)18-21(17(22)11-24-18)10-12-7-8-13(19)9-15(12)20/h3-9,18H,2,10-11H2,1H3. The molecule has 0 radical (unpaired) electrons. The van der Waals surface area contributed by atoms with Gasteiger partial charge < -0.3 is 14.4 Å². The van der Waals surface area contributed by atoms with Crippen LogP contribution in [0.3, 0.4) is 0 Å². The molecule has 0 aromatic heterocycles. The van der Waals surface area contributed by atoms with Crippen LogP contribution >= 0.6 is 23.2 Å². The summed E-state index contributed by atoms with van der Waals surface area (Å²) in [7, 11) is 0. The lowest BCUT2D eigenvalue weighted by Gasteiger charge is -2.25. The van der Waals surface area contributed by atoms with Gasteiger partial charge >= 0.3 is 0 Å². The molecule has 126 valence electrons. The lowest BCUT2D eigenvalue weighted by Crippen LogP contribution is -2.28. The maximum absolute atomic E-state index is 12.3. The molecule has 4 nitrogen and oxygen atoms in total. The zero-order valence-corrected chi connectivity index (χ0v) is 14.7. The first-order valence-electron chi connectivity index (χ1n) is 7.67. The number of hydrogen-bond acceptors (Lipinski definition) is 3. The van der Waals surface area contributed by atoms with E-state index in [9.17, 15) is 4.79 Å². The Labute approximate surface area is 150 Å². The number of nitrogens with zero attached hydrogens (tertiary/aromatic N) is 1. The van der Waals surface area contributed by atoms with Crippen LogP contribution in [0.2, 0.25) is 10.0 Å². The van der Waals surface area contributed by atoms with Gasteiger partial charge in [0, 0.05) is 15.6 Å². The Morgan fingerprint density at radius 1 is 1.25 bits per heavy atom. The zero-order chi connectivity index (χ0) is 17.1. The highest BCUT2D eigenvalue weighted by atomic mass is 35.5. The Morgan fingerprint density at radius 2 is 2.04 bits per heavy atom. The van der Waals surface area contributed by atoms with Crippen molar-refractivity contribution in [1.82, 2.24) is 4.90 Å². The minimum absolute atomic E-state index is 0.0380. The fourth-order valence-electron chi connectivity index (χ4n) is 2.69. The van der Waals surface area contributed by atoms with Crippen LogP contribution < -0.4 is 4.74 Å². The van der Waals surface area contributed by atoms with E-state index in [2.05, 4.69) is 0 Å². The molecule has 24 heavy (non-hydrogen) atoms. The molecule has 3 rings (SSSR count). The van der Waals surface area contributed by atoms with Crippen LogP contribution in [-0.4, -0.2) is 24.0 Å². The Balaban J connectivity index is 1.90. The SMILES string of the molecule is CCOc1ccccc1C1OCC(=O)N1Cc1ccc(Cl)cc1Cl. The van der Waals surface area contributed by atoms with Crippen LogP contribution in [0.15, 0.2) is 42.5 Å². The summed E-state index contributed by atoms with van der Waals surface area (Å²) in [6.45, 7) is 2.85. The van der Waals surface area contributed by atoms with E-state index in [4.69, 9.17) is 32.7 Å². The predicted octanol–water partition coefficient (Wildman–Crippen LogP) is 4.45. The minimum Gasteiger partial charge on any atom is -0.493 e. The normalized spacial score (nSPS) is 17.4. The molecule has 1 heterocycles. The average Bonchev–Trinajstić information content (AvgIpc) is 2.92. The van der Waals surface area contributed by atoms with Crippen molar-refractivity contribution in [3.8, 4) is 5.75 Å². The number of ether oxygens (including phenoxy) is 2. The second-order valence-electron chi connectivity index (χ2n) is 5.39. The molecule has 2 aromatic carbocycles. The summed E-state index contributed by atoms with van der Waals surface area (Å²) in [5, 5.41) is 1.09. The van der Waals surface area contributed by atoms with Crippen molar-refractivity contribution in [2.45, 2.75) is 19.7 Å². The van der Waals surface area contributed by atoms with Gasteiger partial charge in [-0.15, -0.1) is 0 Å². The Morgan fingerprint density at radius 3 is 2.79 bits per heavy atom. The van der Waals surface area contributed by atoms with Crippen molar-refractivity contribution >= 4 is 29.1 Å². The van der Waals surface area contributed by atoms with Gasteiger partial charge in [0.05, 0.1) is 13.2 Å². The van der Waals surface area contributed by atoms with Crippen molar-refractivity contribution in [3.63, 3.8) is 0 Å². The number of amides is 1. The molecule has 1 fully saturated rings. The van der Waals surface area contributed by atoms with Gasteiger partial charge in [-0.25, -0.2) is 0 Å². The minimum atomic E-state index is -0.494. The van der Waals surface area contributed by atoms with Crippen LogP contribution in [0.1, 0.15) is 24.3 Å². The number of carbonyl (C=O) groups is 1. The van der Waals surface area contributed by atoms with Crippen LogP contribution in [0, 0.1) is 0 Å². The second kappa shape index (κ2) is 7.43. The topological polar surface area (TPSA) is 38.8 Å². The molecule has 1 aliphatic rings. The average molecular weight is 366 g/mol. The van der Waals surface area contributed by atoms with Gasteiger partial charge in [-0.3, -0.25) is 4.79 Å². The molecule has 1 unspecified atom stereocenters. The molecular weight excluding hydrogens is 349 g/mol. The van der Waals surface area contributed by atoms with Crippen molar-refractivity contribution < 1.29 is 14.3 Å². The maximum Gasteiger partial charge on any atom is 0.251 e. The Hall–Kier alpha value is -1.75. The second-order valence-corrected chi connectivity index (χ2v) is 6.24. The number of carbonyl (C=O) groups excluding carboxylic acids is 1. The molecule has 1 saturated heterocycles. The number of rotatable bonds is 5. The molecule has 1 atom stereocenters. The monoisotopic (exact) mass is 365 g/mol. The van der Waals surface area contributed by atoms with E-state index in [0.717, 1.165) is 11.1 Å². The van der Waals surface area contributed by atoms with E-state index < -0.39 is 6.23 Å². The summed E-state index contributed by atoms with van der Waals surface area (Å²) in [6.07, 6.45) is -0.494. The van der Waals surface area contributed by atoms with E-state index >= 15 is 0 Å². The number of benzene rings is 2. The largest absolute Gasteiger partial charge is 0.493 e. The Kier molecular flexibility index (Phi) is 5.29. The number of halogens is 2. The molecule has 2 aromatic rings. The van der Waals surface area contributed by atoms with Gasteiger partial charge in [0.25, 0.3) is 5.91 Å². The summed E-state index contributed by atoms with van der Waals surface area (Å²) < 4.78 is 11.4. The fraction of sp³-hybridized carbons (Fsp3) is 0.278. The van der Waals surface area contributed by atoms with Gasteiger partial charge in [-0.2, -0.15) is 0 Å². The lowest BCUT2D eigenvalue weighted by atomic mass is 10.1. The third-order valence-corrected chi connectivity index (χ3v) is 4.40. The van der Waals surface area contributed by atoms with E-state index in [1.165, 1.54) is 0 Å². The maximum atomic E-state index is 12.3. The van der Waals surface area contributed by atoms with Gasteiger partial charge in [-0.1, -0.05) is 47.5 Å². The number of hydrogen-bond donors (Lipinski definition) is 0. The summed E-state index contributed by atoms with van der Waals surface area (Å²) in [5.41, 5.74) is 1.65. The van der Waals surface area contributed by atoms with Crippen molar-refractivity contribution in [2.24, 2.45) is 0 Å². The third kappa shape index (κ3) is 3.51. The number of para-hydroxylation sites is 1. The van der Waals surface area contributed by atoms with Gasteiger partial charge in [0.15, 0.2) is 6.23 Å². The highest BCUT2D eigenvalue weighted by molar-refractivity contribution is 6.35. The van der Waals surface area contributed by atoms with Crippen LogP contribution in [0.5, 0.6) is 5.75 Å². The van der Waals surface area contributed by atoms with E-state index in [-0.39, 0.29) is 12.5 Å². The van der Waals surface area contributed by atoms with Crippen molar-refractivity contribution in [2.75, 3.05) is 13.2 Å². The summed E-state index contributed by atoms with van der Waals surface area (Å²) >= 11 is 12.2. The Bertz CT molecular complexity index is 751. The molecule has 0 N–H and O–H groups in total. The summed E-state index contributed by atoms with van der Waals surface area (Å²) in [4.78, 5) is 14.0. The first-order valence-corrected chi connectivity index (χ1v) is 8.42. The fourth-order valence-corrected chi connectivity index (χ4v) is 3.16. The van der Waals surface area contributed by atoms with Crippen LogP contribution in [-0.2, 0) is 16.1 Å². The molecule has 0 saturated carbocycles. The highest BCUT2D eigenvalue weighted by Gasteiger charge is 2.35. The molecule has 0 spiro atoms. The first-order chi connectivity index (χ1) is 11.6. The molecule has 1 amide bonds. The van der Waals surface area contributed by atoms with Gasteiger partial charge in [-0.05, 0) is 30.7 Å². The summed E-state index contributed by atoms with van der Waals surface area (Å²) in [6, 6.07) is 12.8. The van der Waals surface area contributed by atoms with E-state index in [1.54, 1.807) is 17.0 Å². The quantitative estimate of drug-likeness (QED) is 0.785. The van der Waals surface area contributed by atoms with E-state index in [0.29, 0.717) is 28.9 Å². The zero-order valence-electron chi connectivity index (χ0n) is 13.2. The summed E-state index contributed by atoms with van der Waals surface area (Å²) in [5.74, 6) is 0.629. The molecule has 0 aliphatic carbocycles. The smallest absolute Gasteiger partial charge is 0.251 e. The van der Waals surface area contributed by atoms with Gasteiger partial charge in [0.1, 0.15) is 12.4 Å². The third-order valence-electron chi connectivity index (χ3n) is 3.81. The molecule has 0 bridgehead atoms. The van der Waals surface area contributed by atoms with Crippen LogP contribution in [0.25, 0.3) is 0 Å². The highest BCUT2D eigenvalue weighted by Crippen LogP contribution is 2.35. The van der Waals surface area contributed by atoms with Crippen molar-refractivity contribution in [1.29, 1.82) is 0 Å². The molecular formula is C18H17Cl2NO3. The first kappa shape index (κ1) is 17.1.